The highest BCUT2D eigenvalue weighted by atomic mass is 32.2. The van der Waals surface area contributed by atoms with Gasteiger partial charge in [0.1, 0.15) is 21.4 Å². The number of benzene rings is 2. The minimum absolute atomic E-state index is 0.131. The highest BCUT2D eigenvalue weighted by molar-refractivity contribution is 7.96. The second-order valence-electron chi connectivity index (χ2n) is 5.23. The topological polar surface area (TPSA) is 54.5 Å². The van der Waals surface area contributed by atoms with Crippen molar-refractivity contribution in [3.63, 3.8) is 0 Å². The molecule has 0 spiro atoms. The number of allylic oxidation sites excluding steroid dienone is 1. The Morgan fingerprint density at radius 2 is 1.67 bits per heavy atom. The third-order valence-electron chi connectivity index (χ3n) is 3.11. The van der Waals surface area contributed by atoms with Gasteiger partial charge in [-0.15, -0.1) is 0 Å². The van der Waals surface area contributed by atoms with Gasteiger partial charge in [-0.1, -0.05) is 30.3 Å². The summed E-state index contributed by atoms with van der Waals surface area (Å²) < 4.78 is 52.8. The van der Waals surface area contributed by atoms with Crippen LogP contribution in [0.4, 0.5) is 8.78 Å². The highest BCUT2D eigenvalue weighted by Gasteiger charge is 2.31. The minimum Gasteiger partial charge on any atom is -0.382 e. The van der Waals surface area contributed by atoms with Crippen LogP contribution in [-0.2, 0) is 9.84 Å². The molecule has 0 N–H and O–H groups in total. The van der Waals surface area contributed by atoms with Crippen molar-refractivity contribution in [1.29, 1.82) is 0 Å². The lowest BCUT2D eigenvalue weighted by Gasteiger charge is -2.13. The van der Waals surface area contributed by atoms with Gasteiger partial charge in [0.25, 0.3) is 0 Å². The number of Topliss-reactive ketones (excluding diaryl/α,β-unsaturated/α-hetero) is 1. The fraction of sp³-hybridized carbons (Fsp3) is 0.118. The van der Waals surface area contributed by atoms with Gasteiger partial charge >= 0.3 is 0 Å². The van der Waals surface area contributed by atoms with Gasteiger partial charge in [-0.05, 0) is 18.2 Å². The number of carbonyl (C=O) groups excluding carboxylic acids is 1. The minimum atomic E-state index is -4.54. The van der Waals surface area contributed by atoms with E-state index in [0.717, 1.165) is 12.3 Å². The Bertz CT molecular complexity index is 891. The number of rotatable bonds is 5. The molecule has 126 valence electrons. The maximum absolute atomic E-state index is 13.9. The molecule has 0 saturated carbocycles. The molecule has 0 fully saturated rings. The Morgan fingerprint density at radius 3 is 2.25 bits per heavy atom. The van der Waals surface area contributed by atoms with E-state index in [-0.39, 0.29) is 5.56 Å². The van der Waals surface area contributed by atoms with Crippen molar-refractivity contribution in [3.05, 3.63) is 76.8 Å². The molecule has 0 aromatic heterocycles. The molecule has 7 heteroatoms. The number of nitrogens with zero attached hydrogens (tertiary/aromatic N) is 1. The maximum Gasteiger partial charge on any atom is 0.214 e. The molecule has 24 heavy (non-hydrogen) atoms. The van der Waals surface area contributed by atoms with Crippen LogP contribution in [0.3, 0.4) is 0 Å². The zero-order valence-corrected chi connectivity index (χ0v) is 13.8. The lowest BCUT2D eigenvalue weighted by molar-refractivity contribution is 0.104. The summed E-state index contributed by atoms with van der Waals surface area (Å²) in [6.07, 6.45) is 1.08. The van der Waals surface area contributed by atoms with E-state index in [1.54, 1.807) is 18.2 Å². The van der Waals surface area contributed by atoms with Crippen LogP contribution >= 0.6 is 0 Å². The molecule has 2 aromatic carbocycles. The van der Waals surface area contributed by atoms with Gasteiger partial charge in [0.15, 0.2) is 0 Å². The largest absolute Gasteiger partial charge is 0.382 e. The number of carbonyl (C=O) groups is 1. The Kier molecular flexibility index (Phi) is 5.14. The Balaban J connectivity index is 2.64. The summed E-state index contributed by atoms with van der Waals surface area (Å²) in [5.41, 5.74) is 0.131. The quantitative estimate of drug-likeness (QED) is 0.614. The van der Waals surface area contributed by atoms with Crippen LogP contribution in [0.1, 0.15) is 10.4 Å². The first-order chi connectivity index (χ1) is 11.2. The summed E-state index contributed by atoms with van der Waals surface area (Å²) in [6.45, 7) is 0. The lowest BCUT2D eigenvalue weighted by Crippen LogP contribution is -2.19. The third-order valence-corrected chi connectivity index (χ3v) is 4.87. The van der Waals surface area contributed by atoms with Crippen LogP contribution in [0.2, 0.25) is 0 Å². The van der Waals surface area contributed by atoms with Gasteiger partial charge in [-0.3, -0.25) is 4.79 Å². The molecule has 0 atom stereocenters. The summed E-state index contributed by atoms with van der Waals surface area (Å²) in [7, 11) is -1.49. The van der Waals surface area contributed by atoms with E-state index in [1.165, 1.54) is 31.1 Å². The molecule has 2 rings (SSSR count). The molecule has 0 aliphatic rings. The number of sulfone groups is 1. The van der Waals surface area contributed by atoms with Crippen LogP contribution in [0.15, 0.2) is 64.5 Å². The highest BCUT2D eigenvalue weighted by Crippen LogP contribution is 2.26. The summed E-state index contributed by atoms with van der Waals surface area (Å²) in [6, 6.07) is 9.81. The zero-order valence-electron chi connectivity index (χ0n) is 13.0. The molecule has 0 saturated heterocycles. The summed E-state index contributed by atoms with van der Waals surface area (Å²) in [4.78, 5) is 12.4. The summed E-state index contributed by atoms with van der Waals surface area (Å²) in [5.74, 6) is -2.83. The van der Waals surface area contributed by atoms with Gasteiger partial charge in [-0.25, -0.2) is 17.2 Å². The second kappa shape index (κ2) is 6.92. The Morgan fingerprint density at radius 1 is 1.04 bits per heavy atom. The molecular formula is C17H15F2NO3S. The first-order valence-electron chi connectivity index (χ1n) is 6.91. The van der Waals surface area contributed by atoms with Crippen molar-refractivity contribution in [2.24, 2.45) is 0 Å². The Hall–Kier alpha value is -2.54. The van der Waals surface area contributed by atoms with Crippen LogP contribution in [0.5, 0.6) is 0 Å². The number of ketones is 1. The van der Waals surface area contributed by atoms with Crippen LogP contribution in [0, 0.1) is 11.6 Å². The molecule has 0 aliphatic heterocycles. The lowest BCUT2D eigenvalue weighted by atomic mass is 10.1. The van der Waals surface area contributed by atoms with Gasteiger partial charge in [0, 0.05) is 25.9 Å². The monoisotopic (exact) mass is 351 g/mol. The predicted octanol–water partition coefficient (Wildman–Crippen LogP) is 3.02. The standard InChI is InChI=1S/C17H15F2NO3S/c1-20(2)11-16(17(21)12-6-4-3-5-7-12)24(22,23)15-10-13(18)8-9-14(15)19/h3-11H,1-2H3. The van der Waals surface area contributed by atoms with E-state index in [2.05, 4.69) is 0 Å². The first-order valence-corrected chi connectivity index (χ1v) is 8.40. The summed E-state index contributed by atoms with van der Waals surface area (Å²) in [5, 5.41) is 0. The van der Waals surface area contributed by atoms with Crippen molar-refractivity contribution >= 4 is 15.6 Å². The molecule has 0 unspecified atom stereocenters. The van der Waals surface area contributed by atoms with Crippen molar-refractivity contribution in [2.45, 2.75) is 4.90 Å². The van der Waals surface area contributed by atoms with Gasteiger partial charge in [-0.2, -0.15) is 0 Å². The molecule has 0 bridgehead atoms. The van der Waals surface area contributed by atoms with Crippen LogP contribution in [0.25, 0.3) is 0 Å². The van der Waals surface area contributed by atoms with Crippen molar-refractivity contribution in [3.8, 4) is 0 Å². The smallest absolute Gasteiger partial charge is 0.214 e. The number of hydrogen-bond acceptors (Lipinski definition) is 4. The molecule has 0 amide bonds. The normalized spacial score (nSPS) is 12.1. The molecule has 0 radical (unpaired) electrons. The zero-order chi connectivity index (χ0) is 17.9. The van der Waals surface area contributed by atoms with Crippen molar-refractivity contribution < 1.29 is 22.0 Å². The molecule has 0 heterocycles. The number of hydrogen-bond donors (Lipinski definition) is 0. The second-order valence-corrected chi connectivity index (χ2v) is 7.12. The SMILES string of the molecule is CN(C)C=C(C(=O)c1ccccc1)S(=O)(=O)c1cc(F)ccc1F. The van der Waals surface area contributed by atoms with Gasteiger partial charge in [0.05, 0.1) is 0 Å². The van der Waals surface area contributed by atoms with E-state index in [1.807, 2.05) is 0 Å². The molecule has 0 aliphatic carbocycles. The van der Waals surface area contributed by atoms with E-state index < -0.39 is 37.1 Å². The third kappa shape index (κ3) is 3.68. The van der Waals surface area contributed by atoms with E-state index in [0.29, 0.717) is 12.1 Å². The fourth-order valence-corrected chi connectivity index (χ4v) is 3.56. The molecule has 2 aromatic rings. The van der Waals surface area contributed by atoms with E-state index in [9.17, 15) is 22.0 Å². The average Bonchev–Trinajstić information content (AvgIpc) is 2.54. The van der Waals surface area contributed by atoms with Crippen molar-refractivity contribution in [1.82, 2.24) is 4.90 Å². The van der Waals surface area contributed by atoms with Gasteiger partial charge < -0.3 is 4.90 Å². The average molecular weight is 351 g/mol. The number of halogens is 2. The maximum atomic E-state index is 13.9. The Labute approximate surface area is 139 Å². The van der Waals surface area contributed by atoms with E-state index in [4.69, 9.17) is 0 Å². The molecule has 4 nitrogen and oxygen atoms in total. The van der Waals surface area contributed by atoms with Crippen LogP contribution < -0.4 is 0 Å². The molecular weight excluding hydrogens is 336 g/mol. The van der Waals surface area contributed by atoms with Gasteiger partial charge in [0.2, 0.25) is 15.6 Å². The van der Waals surface area contributed by atoms with E-state index >= 15 is 0 Å². The first kappa shape index (κ1) is 17.8. The summed E-state index contributed by atoms with van der Waals surface area (Å²) >= 11 is 0. The van der Waals surface area contributed by atoms with Crippen LogP contribution in [-0.4, -0.2) is 33.2 Å². The predicted molar refractivity (Wildman–Crippen MR) is 86.1 cm³/mol. The fourth-order valence-electron chi connectivity index (χ4n) is 2.02. The van der Waals surface area contributed by atoms with Crippen molar-refractivity contribution in [2.75, 3.05) is 14.1 Å².